The maximum Gasteiger partial charge on any atom is 0.311 e. The maximum absolute atomic E-state index is 11.8. The van der Waals surface area contributed by atoms with Gasteiger partial charge in [-0.25, -0.2) is 0 Å². The molecule has 0 saturated heterocycles. The van der Waals surface area contributed by atoms with Crippen molar-refractivity contribution in [3.63, 3.8) is 0 Å². The van der Waals surface area contributed by atoms with E-state index < -0.39 is 6.29 Å². The van der Waals surface area contributed by atoms with Gasteiger partial charge in [-0.2, -0.15) is 0 Å². The van der Waals surface area contributed by atoms with Crippen LogP contribution in [0.15, 0.2) is 0 Å². The van der Waals surface area contributed by atoms with Crippen molar-refractivity contribution < 1.29 is 14.3 Å². The Balaban J connectivity index is 3.94. The first-order valence-electron chi connectivity index (χ1n) is 6.83. The van der Waals surface area contributed by atoms with Crippen LogP contribution >= 0.6 is 0 Å². The van der Waals surface area contributed by atoms with Gasteiger partial charge in [-0.1, -0.05) is 40.5 Å². The minimum absolute atomic E-state index is 0.0278. The standard InChI is InChI=1S/C14H28O3/c1-6-8-9-13(7-2)14(15)17-12(5)16-10-11(3)4/h11-13H,6-10H2,1-5H3. The van der Waals surface area contributed by atoms with Crippen LogP contribution in [0.2, 0.25) is 0 Å². The number of rotatable bonds is 9. The largest absolute Gasteiger partial charge is 0.436 e. The van der Waals surface area contributed by atoms with Crippen LogP contribution in [0.5, 0.6) is 0 Å². The van der Waals surface area contributed by atoms with Gasteiger partial charge in [0.15, 0.2) is 6.29 Å². The third-order valence-corrected chi connectivity index (χ3v) is 2.68. The predicted molar refractivity (Wildman–Crippen MR) is 69.7 cm³/mol. The van der Waals surface area contributed by atoms with Crippen molar-refractivity contribution in [3.8, 4) is 0 Å². The fourth-order valence-corrected chi connectivity index (χ4v) is 1.56. The van der Waals surface area contributed by atoms with E-state index in [0.29, 0.717) is 12.5 Å². The zero-order valence-corrected chi connectivity index (χ0v) is 12.0. The minimum Gasteiger partial charge on any atom is -0.436 e. The van der Waals surface area contributed by atoms with E-state index in [9.17, 15) is 4.79 Å². The molecule has 0 aliphatic rings. The lowest BCUT2D eigenvalue weighted by Crippen LogP contribution is -2.25. The molecule has 0 heterocycles. The molecule has 0 aromatic rings. The zero-order valence-electron chi connectivity index (χ0n) is 12.0. The van der Waals surface area contributed by atoms with Gasteiger partial charge in [0.1, 0.15) is 0 Å². The molecule has 0 spiro atoms. The molecule has 2 atom stereocenters. The minimum atomic E-state index is -0.430. The highest BCUT2D eigenvalue weighted by molar-refractivity contribution is 5.72. The van der Waals surface area contributed by atoms with Gasteiger partial charge in [0.2, 0.25) is 0 Å². The van der Waals surface area contributed by atoms with Crippen molar-refractivity contribution in [1.29, 1.82) is 0 Å². The van der Waals surface area contributed by atoms with E-state index >= 15 is 0 Å². The van der Waals surface area contributed by atoms with Crippen LogP contribution in [0.3, 0.4) is 0 Å². The van der Waals surface area contributed by atoms with E-state index in [-0.39, 0.29) is 11.9 Å². The highest BCUT2D eigenvalue weighted by Crippen LogP contribution is 2.15. The SMILES string of the molecule is CCCCC(CC)C(=O)OC(C)OCC(C)C. The molecule has 0 aliphatic heterocycles. The molecular weight excluding hydrogens is 216 g/mol. The number of carbonyl (C=O) groups is 1. The van der Waals surface area contributed by atoms with Crippen LogP contribution in [0.4, 0.5) is 0 Å². The zero-order chi connectivity index (χ0) is 13.3. The first-order chi connectivity index (χ1) is 8.01. The molecule has 0 radical (unpaired) electrons. The molecular formula is C14H28O3. The summed E-state index contributed by atoms with van der Waals surface area (Å²) in [6.07, 6.45) is 3.52. The summed E-state index contributed by atoms with van der Waals surface area (Å²) in [5.74, 6) is 0.371. The Morgan fingerprint density at radius 3 is 2.29 bits per heavy atom. The summed E-state index contributed by atoms with van der Waals surface area (Å²) in [7, 11) is 0. The Morgan fingerprint density at radius 1 is 1.18 bits per heavy atom. The van der Waals surface area contributed by atoms with Crippen LogP contribution in [0.1, 0.15) is 60.3 Å². The molecule has 0 rings (SSSR count). The summed E-state index contributed by atoms with van der Waals surface area (Å²) >= 11 is 0. The molecule has 2 unspecified atom stereocenters. The van der Waals surface area contributed by atoms with Crippen LogP contribution in [0.25, 0.3) is 0 Å². The Labute approximate surface area is 106 Å². The molecule has 0 aromatic heterocycles. The third-order valence-electron chi connectivity index (χ3n) is 2.68. The molecule has 3 nitrogen and oxygen atoms in total. The predicted octanol–water partition coefficient (Wildman–Crippen LogP) is 3.76. The van der Waals surface area contributed by atoms with Crippen molar-refractivity contribution in [1.82, 2.24) is 0 Å². The van der Waals surface area contributed by atoms with E-state index in [2.05, 4.69) is 20.8 Å². The summed E-state index contributed by atoms with van der Waals surface area (Å²) < 4.78 is 10.7. The van der Waals surface area contributed by atoms with Crippen molar-refractivity contribution in [2.75, 3.05) is 6.61 Å². The molecule has 0 fully saturated rings. The van der Waals surface area contributed by atoms with Gasteiger partial charge in [-0.3, -0.25) is 4.79 Å². The average molecular weight is 244 g/mol. The van der Waals surface area contributed by atoms with Gasteiger partial charge in [0.05, 0.1) is 12.5 Å². The van der Waals surface area contributed by atoms with Gasteiger partial charge >= 0.3 is 5.97 Å². The monoisotopic (exact) mass is 244 g/mol. The molecule has 0 aliphatic carbocycles. The second-order valence-corrected chi connectivity index (χ2v) is 4.98. The number of ether oxygens (including phenoxy) is 2. The molecule has 0 bridgehead atoms. The van der Waals surface area contributed by atoms with Gasteiger partial charge < -0.3 is 9.47 Å². The van der Waals surface area contributed by atoms with Gasteiger partial charge in [0, 0.05) is 0 Å². The van der Waals surface area contributed by atoms with Crippen molar-refractivity contribution >= 4 is 5.97 Å². The smallest absolute Gasteiger partial charge is 0.311 e. The lowest BCUT2D eigenvalue weighted by atomic mass is 10.00. The number of hydrogen-bond donors (Lipinski definition) is 0. The van der Waals surface area contributed by atoms with Crippen LogP contribution in [-0.2, 0) is 14.3 Å². The van der Waals surface area contributed by atoms with E-state index in [0.717, 1.165) is 25.7 Å². The van der Waals surface area contributed by atoms with E-state index in [1.165, 1.54) is 0 Å². The summed E-state index contributed by atoms with van der Waals surface area (Å²) in [6, 6.07) is 0. The summed E-state index contributed by atoms with van der Waals surface area (Å²) in [5, 5.41) is 0. The van der Waals surface area contributed by atoms with Crippen molar-refractivity contribution in [2.24, 2.45) is 11.8 Å². The molecule has 102 valence electrons. The van der Waals surface area contributed by atoms with Gasteiger partial charge in [-0.05, 0) is 25.7 Å². The van der Waals surface area contributed by atoms with E-state index in [1.807, 2.05) is 6.92 Å². The van der Waals surface area contributed by atoms with E-state index in [4.69, 9.17) is 9.47 Å². The summed E-state index contributed by atoms with van der Waals surface area (Å²) in [6.45, 7) is 10.7. The van der Waals surface area contributed by atoms with Crippen LogP contribution in [0, 0.1) is 11.8 Å². The lowest BCUT2D eigenvalue weighted by molar-refractivity contribution is -0.181. The van der Waals surface area contributed by atoms with Crippen molar-refractivity contribution in [3.05, 3.63) is 0 Å². The van der Waals surface area contributed by atoms with Crippen molar-refractivity contribution in [2.45, 2.75) is 66.6 Å². The Kier molecular flexibility index (Phi) is 9.14. The molecule has 3 heteroatoms. The summed E-state index contributed by atoms with van der Waals surface area (Å²) in [4.78, 5) is 11.8. The third kappa shape index (κ3) is 8.19. The normalized spacial score (nSPS) is 14.7. The molecule has 0 aromatic carbocycles. The topological polar surface area (TPSA) is 35.5 Å². The fourth-order valence-electron chi connectivity index (χ4n) is 1.56. The Bertz CT molecular complexity index is 202. The maximum atomic E-state index is 11.8. The second kappa shape index (κ2) is 9.46. The molecule has 0 N–H and O–H groups in total. The average Bonchev–Trinajstić information content (AvgIpc) is 2.27. The lowest BCUT2D eigenvalue weighted by Gasteiger charge is -2.19. The van der Waals surface area contributed by atoms with Gasteiger partial charge in [0.25, 0.3) is 0 Å². The first-order valence-corrected chi connectivity index (χ1v) is 6.83. The quantitative estimate of drug-likeness (QED) is 0.457. The first kappa shape index (κ1) is 16.4. The van der Waals surface area contributed by atoms with Crippen LogP contribution in [-0.4, -0.2) is 18.9 Å². The van der Waals surface area contributed by atoms with Gasteiger partial charge in [-0.15, -0.1) is 0 Å². The van der Waals surface area contributed by atoms with Crippen LogP contribution < -0.4 is 0 Å². The number of unbranched alkanes of at least 4 members (excludes halogenated alkanes) is 1. The summed E-state index contributed by atoms with van der Waals surface area (Å²) in [5.41, 5.74) is 0. The number of hydrogen-bond acceptors (Lipinski definition) is 3. The number of carbonyl (C=O) groups excluding carboxylic acids is 1. The number of esters is 1. The van der Waals surface area contributed by atoms with E-state index in [1.54, 1.807) is 6.92 Å². The fraction of sp³-hybridized carbons (Fsp3) is 0.929. The molecule has 17 heavy (non-hydrogen) atoms. The highest BCUT2D eigenvalue weighted by Gasteiger charge is 2.20. The Hall–Kier alpha value is -0.570. The molecule has 0 saturated carbocycles. The highest BCUT2D eigenvalue weighted by atomic mass is 16.7. The second-order valence-electron chi connectivity index (χ2n) is 4.98. The molecule has 0 amide bonds. The Morgan fingerprint density at radius 2 is 1.82 bits per heavy atom.